The Morgan fingerprint density at radius 2 is 1.78 bits per heavy atom. The van der Waals surface area contributed by atoms with E-state index in [9.17, 15) is 9.90 Å². The molecule has 8 heteroatoms. The lowest BCUT2D eigenvalue weighted by Gasteiger charge is -2.21. The highest BCUT2D eigenvalue weighted by Gasteiger charge is 2.09. The number of aryl methyl sites for hydroxylation is 1. The minimum atomic E-state index is -0.336. The molecular formula is C28H29N5O2S. The number of hydrazone groups is 1. The summed E-state index contributed by atoms with van der Waals surface area (Å²) in [6.45, 7) is 7.89. The Kier molecular flexibility index (Phi) is 7.97. The fraction of sp³-hybridized carbons (Fsp3) is 0.179. The zero-order valence-electron chi connectivity index (χ0n) is 20.5. The molecule has 0 bridgehead atoms. The minimum absolute atomic E-state index is 0.112. The maximum absolute atomic E-state index is 12.5. The predicted octanol–water partition coefficient (Wildman–Crippen LogP) is 6.18. The van der Waals surface area contributed by atoms with Crippen LogP contribution in [0.3, 0.4) is 0 Å². The van der Waals surface area contributed by atoms with Gasteiger partial charge in [0.15, 0.2) is 5.13 Å². The monoisotopic (exact) mass is 499 g/mol. The van der Waals surface area contributed by atoms with Crippen LogP contribution >= 0.6 is 11.3 Å². The summed E-state index contributed by atoms with van der Waals surface area (Å²) < 4.78 is 0. The van der Waals surface area contributed by atoms with Crippen molar-refractivity contribution < 1.29 is 9.90 Å². The highest BCUT2D eigenvalue weighted by molar-refractivity contribution is 7.14. The van der Waals surface area contributed by atoms with Gasteiger partial charge < -0.3 is 15.3 Å². The van der Waals surface area contributed by atoms with Crippen LogP contribution in [0.25, 0.3) is 11.3 Å². The third-order valence-electron chi connectivity index (χ3n) is 5.76. The summed E-state index contributed by atoms with van der Waals surface area (Å²) in [6.07, 6.45) is 1.44. The number of phenolic OH excluding ortho intramolecular Hbond substituents is 1. The fourth-order valence-electron chi connectivity index (χ4n) is 3.67. The van der Waals surface area contributed by atoms with Gasteiger partial charge in [0.25, 0.3) is 5.91 Å². The number of thiazole rings is 1. The molecule has 184 valence electrons. The van der Waals surface area contributed by atoms with Gasteiger partial charge >= 0.3 is 0 Å². The first-order chi connectivity index (χ1) is 17.5. The van der Waals surface area contributed by atoms with E-state index >= 15 is 0 Å². The van der Waals surface area contributed by atoms with Gasteiger partial charge in [0.2, 0.25) is 0 Å². The number of rotatable bonds is 9. The van der Waals surface area contributed by atoms with Gasteiger partial charge in [-0.2, -0.15) is 5.10 Å². The standard InChI is InChI=1S/C28H29N5O2S/c1-4-33(5-2)24-15-12-22(26(34)16-24)17-29-32-27(35)21-10-8-20(9-11-21)25-18-36-28(31-25)30-23-13-6-19(3)7-14-23/h6-18,34H,4-5H2,1-3H3,(H,30,31)(H,32,35)/b29-17-. The third kappa shape index (κ3) is 6.09. The second-order valence-electron chi connectivity index (χ2n) is 8.22. The molecule has 1 heterocycles. The number of amides is 1. The van der Waals surface area contributed by atoms with Crippen LogP contribution in [0.15, 0.2) is 77.2 Å². The Bertz CT molecular complexity index is 1340. The molecule has 3 aromatic carbocycles. The van der Waals surface area contributed by atoms with Crippen molar-refractivity contribution in [1.29, 1.82) is 0 Å². The maximum Gasteiger partial charge on any atom is 0.271 e. The van der Waals surface area contributed by atoms with Gasteiger partial charge in [-0.25, -0.2) is 10.4 Å². The zero-order chi connectivity index (χ0) is 25.5. The van der Waals surface area contributed by atoms with Crippen molar-refractivity contribution >= 4 is 40.0 Å². The topological polar surface area (TPSA) is 89.9 Å². The Labute approximate surface area is 215 Å². The second-order valence-corrected chi connectivity index (χ2v) is 9.08. The summed E-state index contributed by atoms with van der Waals surface area (Å²) in [5, 5.41) is 20.4. The maximum atomic E-state index is 12.5. The number of benzene rings is 3. The lowest BCUT2D eigenvalue weighted by molar-refractivity contribution is 0.0955. The third-order valence-corrected chi connectivity index (χ3v) is 6.52. The van der Waals surface area contributed by atoms with Crippen LogP contribution in [0.4, 0.5) is 16.5 Å². The normalized spacial score (nSPS) is 11.0. The van der Waals surface area contributed by atoms with Crippen molar-refractivity contribution in [3.63, 3.8) is 0 Å². The first-order valence-electron chi connectivity index (χ1n) is 11.8. The molecular weight excluding hydrogens is 470 g/mol. The van der Waals surface area contributed by atoms with Crippen molar-refractivity contribution in [1.82, 2.24) is 10.4 Å². The lowest BCUT2D eigenvalue weighted by atomic mass is 10.1. The van der Waals surface area contributed by atoms with E-state index in [1.807, 2.05) is 35.7 Å². The lowest BCUT2D eigenvalue weighted by Crippen LogP contribution is -2.21. The fourth-order valence-corrected chi connectivity index (χ4v) is 4.41. The van der Waals surface area contributed by atoms with E-state index in [-0.39, 0.29) is 11.7 Å². The molecule has 0 atom stereocenters. The van der Waals surface area contributed by atoms with Crippen molar-refractivity contribution in [2.75, 3.05) is 23.3 Å². The molecule has 0 saturated carbocycles. The van der Waals surface area contributed by atoms with Crippen LogP contribution in [-0.4, -0.2) is 35.3 Å². The largest absolute Gasteiger partial charge is 0.507 e. The number of phenols is 1. The van der Waals surface area contributed by atoms with Crippen LogP contribution < -0.4 is 15.6 Å². The molecule has 36 heavy (non-hydrogen) atoms. The Morgan fingerprint density at radius 3 is 2.44 bits per heavy atom. The first kappa shape index (κ1) is 24.9. The van der Waals surface area contributed by atoms with Gasteiger partial charge in [0.1, 0.15) is 5.75 Å². The Hall–Kier alpha value is -4.17. The van der Waals surface area contributed by atoms with E-state index in [0.717, 1.165) is 40.9 Å². The number of hydrogen-bond acceptors (Lipinski definition) is 7. The summed E-state index contributed by atoms with van der Waals surface area (Å²) in [4.78, 5) is 19.3. The molecule has 0 fully saturated rings. The molecule has 0 aliphatic heterocycles. The average Bonchev–Trinajstić information content (AvgIpc) is 3.36. The van der Waals surface area contributed by atoms with E-state index < -0.39 is 0 Å². The molecule has 1 amide bonds. The Morgan fingerprint density at radius 1 is 1.06 bits per heavy atom. The molecule has 4 rings (SSSR count). The van der Waals surface area contributed by atoms with Gasteiger partial charge in [-0.1, -0.05) is 29.8 Å². The predicted molar refractivity (Wildman–Crippen MR) is 149 cm³/mol. The molecule has 7 nitrogen and oxygen atoms in total. The molecule has 0 saturated heterocycles. The van der Waals surface area contributed by atoms with Gasteiger partial charge in [0, 0.05) is 52.6 Å². The van der Waals surface area contributed by atoms with E-state index in [2.05, 4.69) is 58.6 Å². The molecule has 0 spiro atoms. The van der Waals surface area contributed by atoms with Crippen LogP contribution in [0.5, 0.6) is 5.75 Å². The SMILES string of the molecule is CCN(CC)c1ccc(/C=N\NC(=O)c2ccc(-c3csc(Nc4ccc(C)cc4)n3)cc2)c(O)c1. The van der Waals surface area contributed by atoms with Gasteiger partial charge in [-0.05, 0) is 57.2 Å². The summed E-state index contributed by atoms with van der Waals surface area (Å²) in [7, 11) is 0. The average molecular weight is 500 g/mol. The van der Waals surface area contributed by atoms with Crippen molar-refractivity contribution in [3.8, 4) is 17.0 Å². The summed E-state index contributed by atoms with van der Waals surface area (Å²) >= 11 is 1.53. The van der Waals surface area contributed by atoms with Crippen molar-refractivity contribution in [3.05, 3.63) is 88.8 Å². The van der Waals surface area contributed by atoms with Crippen LogP contribution in [0, 0.1) is 6.92 Å². The summed E-state index contributed by atoms with van der Waals surface area (Å²) in [5.41, 5.74) is 8.41. The highest BCUT2D eigenvalue weighted by atomic mass is 32.1. The van der Waals surface area contributed by atoms with E-state index in [1.54, 1.807) is 24.3 Å². The zero-order valence-corrected chi connectivity index (χ0v) is 21.3. The van der Waals surface area contributed by atoms with Gasteiger partial charge in [0.05, 0.1) is 11.9 Å². The number of carbonyl (C=O) groups is 1. The van der Waals surface area contributed by atoms with Crippen LogP contribution in [0.1, 0.15) is 35.3 Å². The highest BCUT2D eigenvalue weighted by Crippen LogP contribution is 2.27. The van der Waals surface area contributed by atoms with Crippen LogP contribution in [-0.2, 0) is 0 Å². The van der Waals surface area contributed by atoms with Gasteiger partial charge in [-0.3, -0.25) is 4.79 Å². The summed E-state index contributed by atoms with van der Waals surface area (Å²) in [5.74, 6) is -0.224. The number of aromatic hydroxyl groups is 1. The summed E-state index contributed by atoms with van der Waals surface area (Å²) in [6, 6.07) is 20.8. The Balaban J connectivity index is 1.36. The molecule has 0 aliphatic rings. The molecule has 3 N–H and O–H groups in total. The minimum Gasteiger partial charge on any atom is -0.507 e. The molecule has 0 radical (unpaired) electrons. The van der Waals surface area contributed by atoms with E-state index in [4.69, 9.17) is 0 Å². The number of hydrogen-bond donors (Lipinski definition) is 3. The number of aromatic nitrogens is 1. The quantitative estimate of drug-likeness (QED) is 0.189. The molecule has 0 aliphatic carbocycles. The molecule has 0 unspecified atom stereocenters. The van der Waals surface area contributed by atoms with Crippen molar-refractivity contribution in [2.24, 2.45) is 5.10 Å². The number of nitrogens with zero attached hydrogens (tertiary/aromatic N) is 3. The van der Waals surface area contributed by atoms with Crippen molar-refractivity contribution in [2.45, 2.75) is 20.8 Å². The molecule has 1 aromatic heterocycles. The van der Waals surface area contributed by atoms with Crippen LogP contribution in [0.2, 0.25) is 0 Å². The van der Waals surface area contributed by atoms with Gasteiger partial charge in [-0.15, -0.1) is 11.3 Å². The second kappa shape index (κ2) is 11.5. The smallest absolute Gasteiger partial charge is 0.271 e. The number of nitrogens with one attached hydrogen (secondary N) is 2. The van der Waals surface area contributed by atoms with E-state index in [0.29, 0.717) is 11.1 Å². The molecule has 4 aromatic rings. The number of anilines is 3. The van der Waals surface area contributed by atoms with E-state index in [1.165, 1.54) is 23.1 Å². The number of carbonyl (C=O) groups excluding carboxylic acids is 1. The first-order valence-corrected chi connectivity index (χ1v) is 12.7.